The van der Waals surface area contributed by atoms with Crippen LogP contribution in [-0.4, -0.2) is 49.1 Å². The summed E-state index contributed by atoms with van der Waals surface area (Å²) in [7, 11) is 0. The minimum atomic E-state index is -4.36. The van der Waals surface area contributed by atoms with Crippen molar-refractivity contribution in [2.45, 2.75) is 78.4 Å². The van der Waals surface area contributed by atoms with Crippen LogP contribution in [0.4, 0.5) is 26.3 Å². The molecule has 40 heavy (non-hydrogen) atoms. The van der Waals surface area contributed by atoms with Crippen molar-refractivity contribution in [1.82, 2.24) is 35.6 Å². The Bertz CT molecular complexity index is 1290. The number of imidazole rings is 1. The van der Waals surface area contributed by atoms with Gasteiger partial charge in [0.05, 0.1) is 42.2 Å². The van der Waals surface area contributed by atoms with Crippen LogP contribution in [0.1, 0.15) is 68.3 Å². The van der Waals surface area contributed by atoms with Gasteiger partial charge in [-0.15, -0.1) is 5.10 Å². The van der Waals surface area contributed by atoms with E-state index in [2.05, 4.69) is 30.8 Å². The summed E-state index contributed by atoms with van der Waals surface area (Å²) in [6.07, 6.45) is -6.40. The lowest BCUT2D eigenvalue weighted by atomic mass is 9.96. The molecule has 0 aliphatic heterocycles. The molecule has 1 fully saturated rings. The van der Waals surface area contributed by atoms with Crippen molar-refractivity contribution in [2.24, 2.45) is 11.3 Å². The van der Waals surface area contributed by atoms with Crippen LogP contribution in [0.15, 0.2) is 24.4 Å². The number of aromatic nitrogens is 5. The Morgan fingerprint density at radius 1 is 1.05 bits per heavy atom. The highest BCUT2D eigenvalue weighted by molar-refractivity contribution is 5.91. The third kappa shape index (κ3) is 9.83. The van der Waals surface area contributed by atoms with Crippen LogP contribution in [0.5, 0.6) is 0 Å². The maximum Gasteiger partial charge on any atom is 0.393 e. The Kier molecular flexibility index (Phi) is 9.46. The van der Waals surface area contributed by atoms with Gasteiger partial charge in [0.2, 0.25) is 5.91 Å². The lowest BCUT2D eigenvalue weighted by Gasteiger charge is -2.21. The maximum absolute atomic E-state index is 12.3. The molecule has 1 aliphatic rings. The van der Waals surface area contributed by atoms with E-state index in [4.69, 9.17) is 0 Å². The molecule has 15 heteroatoms. The van der Waals surface area contributed by atoms with Crippen LogP contribution in [0.2, 0.25) is 0 Å². The molecule has 2 amide bonds. The number of fused-ring (bicyclic) bond motifs is 1. The third-order valence-electron chi connectivity index (χ3n) is 5.87. The van der Waals surface area contributed by atoms with E-state index in [1.54, 1.807) is 18.2 Å². The molecule has 2 heterocycles. The highest BCUT2D eigenvalue weighted by Crippen LogP contribution is 2.36. The summed E-state index contributed by atoms with van der Waals surface area (Å²) in [4.78, 5) is 32.9. The standard InChI is InChI=1S/C20H22F3N7O2.C5H9F3/c21-20(22,23)6-5-18(31)24-8-13-3-4-14-15(7-13)28-17(27-14)10-25-19(32)16-9-26-30(29-16)11-12-1-2-12;1-4(2,3)5(6,7)8/h3-4,7,9,12H,1-2,5-6,8,10-11H2,(H,24,31)(H,25,32)(H,27,28);1-3H3. The SMILES string of the molecule is CC(C)(C)C(F)(F)F.O=C(CCC(F)(F)F)NCc1ccc2nc(CNC(=O)c3cnn(CC4CC4)n3)[nH]c2c1. The number of amides is 2. The molecule has 0 unspecified atom stereocenters. The van der Waals surface area contributed by atoms with Gasteiger partial charge in [-0.05, 0) is 36.5 Å². The number of carbonyl (C=O) groups excluding carboxylic acids is 2. The predicted octanol–water partition coefficient (Wildman–Crippen LogP) is 5.05. The zero-order valence-electron chi connectivity index (χ0n) is 22.2. The first-order valence-electron chi connectivity index (χ1n) is 12.6. The quantitative estimate of drug-likeness (QED) is 0.309. The van der Waals surface area contributed by atoms with Crippen LogP contribution in [0.25, 0.3) is 11.0 Å². The monoisotopic (exact) mass is 575 g/mol. The Morgan fingerprint density at radius 3 is 2.33 bits per heavy atom. The molecule has 1 aromatic carbocycles. The Hall–Kier alpha value is -3.65. The number of alkyl halides is 6. The molecule has 4 rings (SSSR count). The number of hydrogen-bond acceptors (Lipinski definition) is 5. The molecule has 3 aromatic rings. The fraction of sp³-hybridized carbons (Fsp3) is 0.560. The van der Waals surface area contributed by atoms with E-state index in [-0.39, 0.29) is 24.7 Å². The van der Waals surface area contributed by atoms with Crippen LogP contribution >= 0.6 is 0 Å². The summed E-state index contributed by atoms with van der Waals surface area (Å²) in [6.45, 7) is 4.43. The zero-order valence-corrected chi connectivity index (χ0v) is 22.2. The Balaban J connectivity index is 0.000000482. The van der Waals surface area contributed by atoms with Crippen molar-refractivity contribution >= 4 is 22.8 Å². The van der Waals surface area contributed by atoms with Gasteiger partial charge in [-0.25, -0.2) is 4.98 Å². The maximum atomic E-state index is 12.3. The first-order valence-corrected chi connectivity index (χ1v) is 12.6. The Labute approximate surface area is 226 Å². The van der Waals surface area contributed by atoms with Crippen LogP contribution in [0, 0.1) is 11.3 Å². The van der Waals surface area contributed by atoms with E-state index in [9.17, 15) is 35.9 Å². The summed E-state index contributed by atoms with van der Waals surface area (Å²) in [5.74, 6) is 0.122. The van der Waals surface area contributed by atoms with Crippen molar-refractivity contribution in [3.05, 3.63) is 41.5 Å². The number of hydrogen-bond donors (Lipinski definition) is 3. The number of nitrogens with one attached hydrogen (secondary N) is 3. The lowest BCUT2D eigenvalue weighted by Crippen LogP contribution is -2.28. The van der Waals surface area contributed by atoms with E-state index >= 15 is 0 Å². The van der Waals surface area contributed by atoms with Gasteiger partial charge in [-0.1, -0.05) is 26.8 Å². The highest BCUT2D eigenvalue weighted by Gasteiger charge is 2.42. The molecule has 0 spiro atoms. The van der Waals surface area contributed by atoms with Crippen LogP contribution in [-0.2, 0) is 24.4 Å². The average molecular weight is 576 g/mol. The largest absolute Gasteiger partial charge is 0.393 e. The lowest BCUT2D eigenvalue weighted by molar-refractivity contribution is -0.204. The second-order valence-electron chi connectivity index (χ2n) is 10.6. The topological polar surface area (TPSA) is 118 Å². The molecule has 3 N–H and O–H groups in total. The van der Waals surface area contributed by atoms with E-state index in [0.717, 1.165) is 27.3 Å². The number of rotatable bonds is 9. The van der Waals surface area contributed by atoms with Gasteiger partial charge in [0.25, 0.3) is 5.91 Å². The summed E-state index contributed by atoms with van der Waals surface area (Å²) in [6, 6.07) is 5.22. The molecular weight excluding hydrogens is 544 g/mol. The van der Waals surface area contributed by atoms with Crippen molar-refractivity contribution in [2.75, 3.05) is 0 Å². The van der Waals surface area contributed by atoms with Gasteiger partial charge in [-0.2, -0.15) is 36.2 Å². The molecule has 9 nitrogen and oxygen atoms in total. The van der Waals surface area contributed by atoms with E-state index in [0.29, 0.717) is 28.3 Å². The van der Waals surface area contributed by atoms with Crippen molar-refractivity contribution in [3.63, 3.8) is 0 Å². The van der Waals surface area contributed by atoms with Gasteiger partial charge < -0.3 is 15.6 Å². The number of carbonyl (C=O) groups is 2. The first-order chi connectivity index (χ1) is 18.5. The van der Waals surface area contributed by atoms with Crippen LogP contribution < -0.4 is 10.6 Å². The minimum Gasteiger partial charge on any atom is -0.352 e. The van der Waals surface area contributed by atoms with Gasteiger partial charge in [0.15, 0.2) is 5.69 Å². The molecular formula is C25H31F6N7O2. The van der Waals surface area contributed by atoms with Crippen LogP contribution in [0.3, 0.4) is 0 Å². The average Bonchev–Trinajstić information content (AvgIpc) is 3.36. The fourth-order valence-corrected chi connectivity index (χ4v) is 3.12. The van der Waals surface area contributed by atoms with Gasteiger partial charge in [0, 0.05) is 13.0 Å². The number of benzene rings is 1. The number of nitrogens with zero attached hydrogens (tertiary/aromatic N) is 4. The normalized spacial score (nSPS) is 14.0. The number of H-pyrrole nitrogens is 1. The van der Waals surface area contributed by atoms with Gasteiger partial charge >= 0.3 is 12.4 Å². The first kappa shape index (κ1) is 30.9. The molecule has 220 valence electrons. The van der Waals surface area contributed by atoms with Gasteiger partial charge in [-0.3, -0.25) is 9.59 Å². The van der Waals surface area contributed by atoms with E-state index in [1.165, 1.54) is 23.8 Å². The highest BCUT2D eigenvalue weighted by atomic mass is 19.4. The Morgan fingerprint density at radius 2 is 1.73 bits per heavy atom. The van der Waals surface area contributed by atoms with E-state index in [1.807, 2.05) is 0 Å². The molecule has 0 radical (unpaired) electrons. The summed E-state index contributed by atoms with van der Waals surface area (Å²) < 4.78 is 71.3. The molecule has 0 bridgehead atoms. The number of aromatic amines is 1. The smallest absolute Gasteiger partial charge is 0.352 e. The van der Waals surface area contributed by atoms with Crippen molar-refractivity contribution < 1.29 is 35.9 Å². The van der Waals surface area contributed by atoms with Gasteiger partial charge in [0.1, 0.15) is 5.82 Å². The molecule has 0 saturated heterocycles. The number of halogens is 6. The summed E-state index contributed by atoms with van der Waals surface area (Å²) in [5.41, 5.74) is 0.741. The fourth-order valence-electron chi connectivity index (χ4n) is 3.12. The third-order valence-corrected chi connectivity index (χ3v) is 5.87. The molecule has 1 saturated carbocycles. The molecule has 2 aromatic heterocycles. The summed E-state index contributed by atoms with van der Waals surface area (Å²) >= 11 is 0. The zero-order chi connectivity index (χ0) is 29.7. The second kappa shape index (κ2) is 12.3. The predicted molar refractivity (Wildman–Crippen MR) is 133 cm³/mol. The van der Waals surface area contributed by atoms with Crippen molar-refractivity contribution in [1.29, 1.82) is 0 Å². The summed E-state index contributed by atoms with van der Waals surface area (Å²) in [5, 5.41) is 13.5. The molecule has 0 atom stereocenters. The minimum absolute atomic E-state index is 0.105. The van der Waals surface area contributed by atoms with Crippen molar-refractivity contribution in [3.8, 4) is 0 Å². The van der Waals surface area contributed by atoms with E-state index < -0.39 is 36.5 Å². The molecule has 1 aliphatic carbocycles. The second-order valence-corrected chi connectivity index (χ2v) is 10.6.